The standard InChI is InChI=1S/C17H30N2O2.C15H21F2N/c1-16(2,3)18-15(21)17(14-7-5-4-6-8-14)9-11-19(13-20)12-10-17;1-15(2,3)18-8-4-5-11(10-18)13-7-6-12(16)9-14(13)17/h13-14H,4-12H2,1-3H3,(H,18,21);6-7,9,11H,4-5,8,10H2,1-3H3/t;11-/m.0/s1. The summed E-state index contributed by atoms with van der Waals surface area (Å²) >= 11 is 0. The van der Waals surface area contributed by atoms with Crippen molar-refractivity contribution in [2.75, 3.05) is 26.2 Å². The van der Waals surface area contributed by atoms with Crippen LogP contribution in [0, 0.1) is 23.0 Å². The molecular formula is C32H51F2N3O2. The summed E-state index contributed by atoms with van der Waals surface area (Å²) in [4.78, 5) is 28.2. The van der Waals surface area contributed by atoms with Crippen LogP contribution in [0.5, 0.6) is 0 Å². The molecule has 1 aliphatic carbocycles. The molecule has 0 aromatic heterocycles. The van der Waals surface area contributed by atoms with Gasteiger partial charge in [-0.3, -0.25) is 14.5 Å². The summed E-state index contributed by atoms with van der Waals surface area (Å²) in [5, 5.41) is 3.21. The van der Waals surface area contributed by atoms with Gasteiger partial charge in [-0.2, -0.15) is 0 Å². The SMILES string of the molecule is CC(C)(C)N1CCC[C@H](c2ccc(F)cc2F)C1.CC(C)(C)NC(=O)C1(C2CCCCC2)CCN(C=O)CC1. The Balaban J connectivity index is 0.000000218. The lowest BCUT2D eigenvalue weighted by molar-refractivity contribution is -0.143. The summed E-state index contributed by atoms with van der Waals surface area (Å²) in [6.07, 6.45) is 10.7. The number of rotatable bonds is 4. The molecule has 1 N–H and O–H groups in total. The molecule has 5 nitrogen and oxygen atoms in total. The van der Waals surface area contributed by atoms with E-state index < -0.39 is 11.6 Å². The molecule has 2 saturated heterocycles. The Bertz CT molecular complexity index is 955. The van der Waals surface area contributed by atoms with Crippen LogP contribution in [0.15, 0.2) is 18.2 Å². The highest BCUT2D eigenvalue weighted by Crippen LogP contribution is 2.46. The summed E-state index contributed by atoms with van der Waals surface area (Å²) in [6, 6.07) is 3.95. The van der Waals surface area contributed by atoms with E-state index in [4.69, 9.17) is 0 Å². The van der Waals surface area contributed by atoms with Crippen molar-refractivity contribution in [3.8, 4) is 0 Å². The summed E-state index contributed by atoms with van der Waals surface area (Å²) in [5.41, 5.74) is 0.313. The van der Waals surface area contributed by atoms with Crippen LogP contribution in [0.3, 0.4) is 0 Å². The molecule has 3 aliphatic rings. The van der Waals surface area contributed by atoms with Gasteiger partial charge in [0.2, 0.25) is 12.3 Å². The predicted molar refractivity (Wildman–Crippen MR) is 153 cm³/mol. The van der Waals surface area contributed by atoms with Crippen LogP contribution in [0.2, 0.25) is 0 Å². The lowest BCUT2D eigenvalue weighted by Crippen LogP contribution is -2.56. The summed E-state index contributed by atoms with van der Waals surface area (Å²) in [6.45, 7) is 16.0. The maximum atomic E-state index is 13.8. The zero-order chi connectivity index (χ0) is 28.8. The second kappa shape index (κ2) is 13.1. The molecule has 2 heterocycles. The molecule has 0 bridgehead atoms. The van der Waals surface area contributed by atoms with Gasteiger partial charge in [0, 0.05) is 36.8 Å². The zero-order valence-electron chi connectivity index (χ0n) is 25.1. The van der Waals surface area contributed by atoms with Crippen molar-refractivity contribution in [1.82, 2.24) is 15.1 Å². The van der Waals surface area contributed by atoms with E-state index in [1.807, 2.05) is 25.7 Å². The number of piperidine rings is 2. The third kappa shape index (κ3) is 8.48. The Kier molecular flexibility index (Phi) is 10.6. The highest BCUT2D eigenvalue weighted by Gasteiger charge is 2.48. The molecule has 3 fully saturated rings. The molecule has 0 spiro atoms. The quantitative estimate of drug-likeness (QED) is 0.429. The molecule has 1 saturated carbocycles. The van der Waals surface area contributed by atoms with Gasteiger partial charge < -0.3 is 10.2 Å². The van der Waals surface area contributed by atoms with Crippen molar-refractivity contribution >= 4 is 12.3 Å². The van der Waals surface area contributed by atoms with Crippen molar-refractivity contribution < 1.29 is 18.4 Å². The average molecular weight is 548 g/mol. The fourth-order valence-electron chi connectivity index (χ4n) is 6.64. The van der Waals surface area contributed by atoms with E-state index in [1.165, 1.54) is 38.2 Å². The molecule has 220 valence electrons. The number of amides is 2. The van der Waals surface area contributed by atoms with Gasteiger partial charge in [-0.05, 0) is 110 Å². The number of nitrogens with one attached hydrogen (secondary N) is 1. The Hall–Kier alpha value is -2.02. The molecule has 39 heavy (non-hydrogen) atoms. The maximum absolute atomic E-state index is 13.8. The average Bonchev–Trinajstić information content (AvgIpc) is 2.88. The number of carbonyl (C=O) groups is 2. The highest BCUT2D eigenvalue weighted by molar-refractivity contribution is 5.84. The Labute approximate surface area is 235 Å². The largest absolute Gasteiger partial charge is 0.351 e. The minimum atomic E-state index is -0.500. The molecule has 1 aromatic rings. The van der Waals surface area contributed by atoms with Crippen molar-refractivity contribution in [3.63, 3.8) is 0 Å². The second-order valence-electron chi connectivity index (χ2n) is 14.0. The number of halogens is 2. The van der Waals surface area contributed by atoms with Gasteiger partial charge in [0.25, 0.3) is 0 Å². The first-order valence-electron chi connectivity index (χ1n) is 15.0. The van der Waals surface area contributed by atoms with Gasteiger partial charge in [-0.25, -0.2) is 8.78 Å². The van der Waals surface area contributed by atoms with Crippen LogP contribution in [-0.4, -0.2) is 59.4 Å². The number of benzene rings is 1. The van der Waals surface area contributed by atoms with Crippen molar-refractivity contribution in [3.05, 3.63) is 35.4 Å². The highest BCUT2D eigenvalue weighted by atomic mass is 19.1. The van der Waals surface area contributed by atoms with E-state index in [-0.39, 0.29) is 28.3 Å². The maximum Gasteiger partial charge on any atom is 0.227 e. The Morgan fingerprint density at radius 3 is 2.13 bits per heavy atom. The van der Waals surface area contributed by atoms with Crippen LogP contribution in [0.4, 0.5) is 8.78 Å². The first-order chi connectivity index (χ1) is 18.2. The van der Waals surface area contributed by atoms with Gasteiger partial charge in [-0.1, -0.05) is 25.3 Å². The normalized spacial score (nSPS) is 23.0. The number of hydrogen-bond donors (Lipinski definition) is 1. The fourth-order valence-corrected chi connectivity index (χ4v) is 6.64. The van der Waals surface area contributed by atoms with E-state index in [2.05, 4.69) is 31.0 Å². The summed E-state index contributed by atoms with van der Waals surface area (Å²) in [7, 11) is 0. The van der Waals surface area contributed by atoms with Crippen molar-refractivity contribution in [1.29, 1.82) is 0 Å². The summed E-state index contributed by atoms with van der Waals surface area (Å²) < 4.78 is 26.7. The van der Waals surface area contributed by atoms with Crippen LogP contribution >= 0.6 is 0 Å². The minimum Gasteiger partial charge on any atom is -0.351 e. The van der Waals surface area contributed by atoms with E-state index in [9.17, 15) is 18.4 Å². The number of nitrogens with zero attached hydrogens (tertiary/aromatic N) is 2. The molecule has 1 atom stereocenters. The van der Waals surface area contributed by atoms with E-state index in [0.717, 1.165) is 64.3 Å². The first-order valence-corrected chi connectivity index (χ1v) is 15.0. The number of carbonyl (C=O) groups excluding carboxylic acids is 2. The van der Waals surface area contributed by atoms with Crippen LogP contribution in [-0.2, 0) is 9.59 Å². The molecule has 1 aromatic carbocycles. The third-order valence-corrected chi connectivity index (χ3v) is 8.94. The molecule has 2 aliphatic heterocycles. The number of hydrogen-bond acceptors (Lipinski definition) is 3. The van der Waals surface area contributed by atoms with Gasteiger partial charge in [0.1, 0.15) is 11.6 Å². The van der Waals surface area contributed by atoms with Gasteiger partial charge >= 0.3 is 0 Å². The molecular weight excluding hydrogens is 496 g/mol. The van der Waals surface area contributed by atoms with E-state index >= 15 is 0 Å². The summed E-state index contributed by atoms with van der Waals surface area (Å²) in [5.74, 6) is -0.0241. The van der Waals surface area contributed by atoms with Crippen LogP contribution in [0.1, 0.15) is 111 Å². The minimum absolute atomic E-state index is 0.106. The molecule has 0 radical (unpaired) electrons. The third-order valence-electron chi connectivity index (χ3n) is 8.94. The van der Waals surface area contributed by atoms with Gasteiger partial charge in [-0.15, -0.1) is 0 Å². The smallest absolute Gasteiger partial charge is 0.227 e. The lowest BCUT2D eigenvalue weighted by atomic mass is 9.63. The Morgan fingerprint density at radius 2 is 1.59 bits per heavy atom. The lowest BCUT2D eigenvalue weighted by Gasteiger charge is -2.47. The molecule has 0 unspecified atom stereocenters. The first kappa shape index (κ1) is 31.5. The topological polar surface area (TPSA) is 52.7 Å². The van der Waals surface area contributed by atoms with Crippen LogP contribution in [0.25, 0.3) is 0 Å². The van der Waals surface area contributed by atoms with E-state index in [0.29, 0.717) is 11.5 Å². The zero-order valence-corrected chi connectivity index (χ0v) is 25.1. The van der Waals surface area contributed by atoms with Gasteiger partial charge in [0.15, 0.2) is 0 Å². The van der Waals surface area contributed by atoms with Crippen LogP contribution < -0.4 is 5.32 Å². The number of likely N-dealkylation sites (tertiary alicyclic amines) is 2. The van der Waals surface area contributed by atoms with E-state index in [1.54, 1.807) is 6.07 Å². The van der Waals surface area contributed by atoms with Crippen molar-refractivity contribution in [2.24, 2.45) is 11.3 Å². The Morgan fingerprint density at radius 1 is 0.949 bits per heavy atom. The monoisotopic (exact) mass is 547 g/mol. The van der Waals surface area contributed by atoms with Gasteiger partial charge in [0.05, 0.1) is 5.41 Å². The predicted octanol–water partition coefficient (Wildman–Crippen LogP) is 6.66. The fraction of sp³-hybridized carbons (Fsp3) is 0.750. The second-order valence-corrected chi connectivity index (χ2v) is 14.0. The molecule has 7 heteroatoms. The van der Waals surface area contributed by atoms with Crippen molar-refractivity contribution in [2.45, 2.75) is 116 Å². The molecule has 4 rings (SSSR count). The molecule has 2 amide bonds.